The average molecular weight is 307 g/mol. The minimum Gasteiger partial charge on any atom is -0.488 e. The number of nitrogens with zero attached hydrogens (tertiary/aromatic N) is 1. The molecule has 0 spiro atoms. The zero-order valence-electron chi connectivity index (χ0n) is 14.0. The Morgan fingerprint density at radius 2 is 1.61 bits per heavy atom. The summed E-state index contributed by atoms with van der Waals surface area (Å²) in [6, 6.07) is 14.8. The van der Waals surface area contributed by atoms with E-state index in [1.165, 1.54) is 16.7 Å². The molecule has 23 heavy (non-hydrogen) atoms. The maximum Gasteiger partial charge on any atom is 0.140 e. The summed E-state index contributed by atoms with van der Waals surface area (Å²) in [6.07, 6.45) is 0. The Morgan fingerprint density at radius 3 is 2.22 bits per heavy atom. The Balaban J connectivity index is 1.78. The van der Waals surface area contributed by atoms with Crippen LogP contribution in [0.25, 0.3) is 11.1 Å². The molecule has 3 rings (SSSR count). The van der Waals surface area contributed by atoms with Crippen LogP contribution in [0.2, 0.25) is 0 Å². The monoisotopic (exact) mass is 307 g/mol. The SMILES string of the molecule is Cc1ccc(-c2ccc(OCc3c(C)noc3C)c(C)c2)cc1. The number of hydrogen-bond donors (Lipinski definition) is 0. The molecule has 2 aromatic carbocycles. The van der Waals surface area contributed by atoms with Gasteiger partial charge >= 0.3 is 0 Å². The van der Waals surface area contributed by atoms with Crippen LogP contribution in [0.15, 0.2) is 47.0 Å². The first kappa shape index (κ1) is 15.3. The molecule has 0 atom stereocenters. The lowest BCUT2D eigenvalue weighted by molar-refractivity contribution is 0.300. The smallest absolute Gasteiger partial charge is 0.140 e. The summed E-state index contributed by atoms with van der Waals surface area (Å²) in [7, 11) is 0. The number of hydrogen-bond acceptors (Lipinski definition) is 3. The highest BCUT2D eigenvalue weighted by atomic mass is 16.5. The first-order valence-corrected chi connectivity index (χ1v) is 7.77. The van der Waals surface area contributed by atoms with Crippen molar-refractivity contribution in [2.75, 3.05) is 0 Å². The summed E-state index contributed by atoms with van der Waals surface area (Å²) in [6.45, 7) is 8.49. The van der Waals surface area contributed by atoms with E-state index in [9.17, 15) is 0 Å². The maximum atomic E-state index is 5.95. The second kappa shape index (κ2) is 6.29. The molecule has 0 saturated carbocycles. The fourth-order valence-corrected chi connectivity index (χ4v) is 2.59. The summed E-state index contributed by atoms with van der Waals surface area (Å²) in [5, 5.41) is 3.96. The molecule has 118 valence electrons. The van der Waals surface area contributed by atoms with Crippen molar-refractivity contribution < 1.29 is 9.26 Å². The molecular weight excluding hydrogens is 286 g/mol. The van der Waals surface area contributed by atoms with Crippen LogP contribution in [-0.2, 0) is 6.61 Å². The highest BCUT2D eigenvalue weighted by molar-refractivity contribution is 5.65. The Morgan fingerprint density at radius 1 is 0.913 bits per heavy atom. The van der Waals surface area contributed by atoms with Gasteiger partial charge in [-0.25, -0.2) is 0 Å². The Bertz CT molecular complexity index is 797. The molecule has 1 heterocycles. The average Bonchev–Trinajstić information content (AvgIpc) is 2.86. The van der Waals surface area contributed by atoms with E-state index in [0.717, 1.165) is 28.3 Å². The van der Waals surface area contributed by atoms with Gasteiger partial charge in [0.15, 0.2) is 0 Å². The molecule has 0 bridgehead atoms. The molecule has 0 radical (unpaired) electrons. The van der Waals surface area contributed by atoms with Crippen molar-refractivity contribution in [3.63, 3.8) is 0 Å². The van der Waals surface area contributed by atoms with Crippen molar-refractivity contribution in [2.45, 2.75) is 34.3 Å². The van der Waals surface area contributed by atoms with Crippen molar-refractivity contribution in [1.82, 2.24) is 5.16 Å². The van der Waals surface area contributed by atoms with Crippen LogP contribution in [0.1, 0.15) is 28.1 Å². The number of benzene rings is 2. The number of rotatable bonds is 4. The van der Waals surface area contributed by atoms with Gasteiger partial charge in [-0.15, -0.1) is 0 Å². The normalized spacial score (nSPS) is 10.8. The second-order valence-corrected chi connectivity index (χ2v) is 5.94. The Labute approximate surface area is 136 Å². The van der Waals surface area contributed by atoms with Gasteiger partial charge in [0, 0.05) is 0 Å². The second-order valence-electron chi connectivity index (χ2n) is 5.94. The first-order valence-electron chi connectivity index (χ1n) is 7.77. The molecule has 0 aliphatic carbocycles. The van der Waals surface area contributed by atoms with Gasteiger partial charge in [0.25, 0.3) is 0 Å². The lowest BCUT2D eigenvalue weighted by Crippen LogP contribution is -1.99. The number of aromatic nitrogens is 1. The largest absolute Gasteiger partial charge is 0.488 e. The van der Waals surface area contributed by atoms with Gasteiger partial charge in [0.1, 0.15) is 18.1 Å². The van der Waals surface area contributed by atoms with E-state index in [1.54, 1.807) is 0 Å². The van der Waals surface area contributed by atoms with Crippen LogP contribution < -0.4 is 4.74 Å². The van der Waals surface area contributed by atoms with Crippen LogP contribution in [0, 0.1) is 27.7 Å². The summed E-state index contributed by atoms with van der Waals surface area (Å²) in [4.78, 5) is 0. The van der Waals surface area contributed by atoms with Crippen LogP contribution in [0.5, 0.6) is 5.75 Å². The fraction of sp³-hybridized carbons (Fsp3) is 0.250. The molecule has 0 amide bonds. The van der Waals surface area contributed by atoms with E-state index in [4.69, 9.17) is 9.26 Å². The van der Waals surface area contributed by atoms with Gasteiger partial charge in [-0.1, -0.05) is 41.1 Å². The van der Waals surface area contributed by atoms with E-state index in [-0.39, 0.29) is 0 Å². The molecule has 0 aliphatic rings. The van der Waals surface area contributed by atoms with Crippen molar-refractivity contribution in [2.24, 2.45) is 0 Å². The lowest BCUT2D eigenvalue weighted by atomic mass is 10.0. The van der Waals surface area contributed by atoms with Crippen molar-refractivity contribution in [3.8, 4) is 16.9 Å². The number of aryl methyl sites for hydroxylation is 4. The lowest BCUT2D eigenvalue weighted by Gasteiger charge is -2.11. The van der Waals surface area contributed by atoms with Gasteiger partial charge in [-0.05, 0) is 56.5 Å². The third kappa shape index (κ3) is 3.29. The van der Waals surface area contributed by atoms with Crippen LogP contribution in [0.3, 0.4) is 0 Å². The quantitative estimate of drug-likeness (QED) is 0.668. The van der Waals surface area contributed by atoms with E-state index in [0.29, 0.717) is 6.61 Å². The zero-order chi connectivity index (χ0) is 16.4. The van der Waals surface area contributed by atoms with E-state index >= 15 is 0 Å². The standard InChI is InChI=1S/C20H21NO2/c1-13-5-7-17(8-6-13)18-9-10-20(14(2)11-18)22-12-19-15(3)21-23-16(19)4/h5-11H,12H2,1-4H3. The fourth-order valence-electron chi connectivity index (χ4n) is 2.59. The Kier molecular flexibility index (Phi) is 4.20. The van der Waals surface area contributed by atoms with Crippen molar-refractivity contribution in [3.05, 3.63) is 70.6 Å². The molecule has 0 aliphatic heterocycles. The predicted octanol–water partition coefficient (Wildman–Crippen LogP) is 5.15. The molecule has 3 heteroatoms. The molecular formula is C20H21NO2. The molecule has 3 aromatic rings. The van der Waals surface area contributed by atoms with Gasteiger partial charge in [0.05, 0.1) is 11.3 Å². The van der Waals surface area contributed by atoms with Crippen LogP contribution in [0.4, 0.5) is 0 Å². The third-order valence-electron chi connectivity index (χ3n) is 4.11. The third-order valence-corrected chi connectivity index (χ3v) is 4.11. The van der Waals surface area contributed by atoms with Crippen LogP contribution >= 0.6 is 0 Å². The molecule has 0 saturated heterocycles. The van der Waals surface area contributed by atoms with E-state index in [2.05, 4.69) is 55.4 Å². The van der Waals surface area contributed by atoms with Gasteiger partial charge in [0.2, 0.25) is 0 Å². The topological polar surface area (TPSA) is 35.3 Å². The minimum absolute atomic E-state index is 0.478. The predicted molar refractivity (Wildman–Crippen MR) is 91.7 cm³/mol. The van der Waals surface area contributed by atoms with Crippen molar-refractivity contribution >= 4 is 0 Å². The van der Waals surface area contributed by atoms with Gasteiger partial charge < -0.3 is 9.26 Å². The summed E-state index contributed by atoms with van der Waals surface area (Å²) < 4.78 is 11.1. The molecule has 1 aromatic heterocycles. The van der Waals surface area contributed by atoms with Crippen molar-refractivity contribution in [1.29, 1.82) is 0 Å². The molecule has 0 N–H and O–H groups in total. The van der Waals surface area contributed by atoms with E-state index < -0.39 is 0 Å². The summed E-state index contributed by atoms with van der Waals surface area (Å²) >= 11 is 0. The number of ether oxygens (including phenoxy) is 1. The highest BCUT2D eigenvalue weighted by Crippen LogP contribution is 2.27. The molecule has 0 unspecified atom stereocenters. The molecule has 3 nitrogen and oxygen atoms in total. The van der Waals surface area contributed by atoms with Crippen LogP contribution in [-0.4, -0.2) is 5.16 Å². The summed E-state index contributed by atoms with van der Waals surface area (Å²) in [5.74, 6) is 1.71. The van der Waals surface area contributed by atoms with E-state index in [1.807, 2.05) is 19.9 Å². The van der Waals surface area contributed by atoms with Gasteiger partial charge in [-0.3, -0.25) is 0 Å². The molecule has 0 fully saturated rings. The maximum absolute atomic E-state index is 5.95. The van der Waals surface area contributed by atoms with Gasteiger partial charge in [-0.2, -0.15) is 0 Å². The first-order chi connectivity index (χ1) is 11.0. The Hall–Kier alpha value is -2.55. The minimum atomic E-state index is 0.478. The summed E-state index contributed by atoms with van der Waals surface area (Å²) in [5.41, 5.74) is 6.71. The zero-order valence-corrected chi connectivity index (χ0v) is 14.0. The highest BCUT2D eigenvalue weighted by Gasteiger charge is 2.10.